The van der Waals surface area contributed by atoms with Crippen molar-refractivity contribution in [3.8, 4) is 0 Å². The molecule has 0 aliphatic carbocycles. The molecule has 0 bridgehead atoms. The van der Waals surface area contributed by atoms with Gasteiger partial charge in [-0.15, -0.1) is 0 Å². The van der Waals surface area contributed by atoms with Crippen LogP contribution in [0, 0.1) is 0 Å². The molecule has 0 spiro atoms. The first-order chi connectivity index (χ1) is 9.78. The van der Waals surface area contributed by atoms with Crippen molar-refractivity contribution in [2.24, 2.45) is 0 Å². The van der Waals surface area contributed by atoms with E-state index in [1.165, 1.54) is 18.9 Å². The standard InChI is InChI=1S/C11H26F3NO4SSi3/c1-10(16)15(2)9-23(21(3,4)5,22(6,7)8)19-20(17,18)11(12,13)14/h9H2,1-8H3. The zero-order valence-electron chi connectivity index (χ0n) is 14.8. The predicted molar refractivity (Wildman–Crippen MR) is 91.8 cm³/mol. The summed E-state index contributed by atoms with van der Waals surface area (Å²) in [5, 5.41) is 0. The highest BCUT2D eigenvalue weighted by molar-refractivity contribution is 7.91. The van der Waals surface area contributed by atoms with Crippen molar-refractivity contribution in [3.05, 3.63) is 0 Å². The third kappa shape index (κ3) is 4.90. The van der Waals surface area contributed by atoms with E-state index in [-0.39, 0.29) is 12.1 Å². The second-order valence-corrected chi connectivity index (χ2v) is 36.0. The molecule has 0 N–H and O–H groups in total. The molecule has 0 rings (SSSR count). The van der Waals surface area contributed by atoms with Crippen LogP contribution in [0.4, 0.5) is 13.2 Å². The number of hydrogen-bond donors (Lipinski definition) is 0. The Morgan fingerprint density at radius 2 is 1.39 bits per heavy atom. The fourth-order valence-electron chi connectivity index (χ4n) is 2.56. The van der Waals surface area contributed by atoms with Crippen molar-refractivity contribution in [2.75, 3.05) is 13.2 Å². The Morgan fingerprint density at radius 3 is 1.61 bits per heavy atom. The minimum absolute atomic E-state index is 0.0386. The lowest BCUT2D eigenvalue weighted by Gasteiger charge is -2.49. The number of alkyl halides is 3. The number of hydrogen-bond acceptors (Lipinski definition) is 4. The molecule has 0 saturated carbocycles. The summed E-state index contributed by atoms with van der Waals surface area (Å²) in [4.78, 5) is 12.9. The maximum atomic E-state index is 12.9. The average molecular weight is 410 g/mol. The topological polar surface area (TPSA) is 63.7 Å². The van der Waals surface area contributed by atoms with E-state index < -0.39 is 38.2 Å². The van der Waals surface area contributed by atoms with Crippen LogP contribution in [0.1, 0.15) is 6.92 Å². The molecule has 1 amide bonds. The molecule has 12 heteroatoms. The van der Waals surface area contributed by atoms with Gasteiger partial charge >= 0.3 is 15.6 Å². The van der Waals surface area contributed by atoms with Crippen LogP contribution in [0.5, 0.6) is 0 Å². The Bertz CT molecular complexity index is 538. The van der Waals surface area contributed by atoms with Crippen molar-refractivity contribution >= 4 is 38.6 Å². The van der Waals surface area contributed by atoms with Gasteiger partial charge in [0.25, 0.3) is 0 Å². The summed E-state index contributed by atoms with van der Waals surface area (Å²) in [6, 6.07) is 0. The first-order valence-electron chi connectivity index (χ1n) is 7.02. The Kier molecular flexibility index (Phi) is 6.56. The van der Waals surface area contributed by atoms with E-state index in [4.69, 9.17) is 3.87 Å². The molecule has 0 saturated heterocycles. The molecule has 0 aromatic rings. The van der Waals surface area contributed by atoms with Gasteiger partial charge in [-0.25, -0.2) is 0 Å². The van der Waals surface area contributed by atoms with E-state index in [1.807, 2.05) is 39.3 Å². The molecular formula is C11H26F3NO4SSi3. The summed E-state index contributed by atoms with van der Waals surface area (Å²) < 4.78 is 67.2. The molecule has 0 heterocycles. The van der Waals surface area contributed by atoms with Gasteiger partial charge in [-0.05, 0) is 0 Å². The van der Waals surface area contributed by atoms with Crippen LogP contribution in [0.15, 0.2) is 0 Å². The SMILES string of the molecule is CC(=O)N(C)C[Si](OS(=O)(=O)C(F)(F)F)([Si](C)(C)C)[Si](C)(C)C. The maximum Gasteiger partial charge on any atom is 0.522 e. The number of carbonyl (C=O) groups is 1. The number of halogens is 3. The van der Waals surface area contributed by atoms with Crippen LogP contribution in [-0.4, -0.2) is 60.5 Å². The third-order valence-electron chi connectivity index (χ3n) is 3.96. The Balaban J connectivity index is 6.34. The third-order valence-corrected chi connectivity index (χ3v) is 42.8. The van der Waals surface area contributed by atoms with E-state index >= 15 is 0 Å². The van der Waals surface area contributed by atoms with Gasteiger partial charge in [-0.3, -0.25) is 4.79 Å². The first-order valence-corrected chi connectivity index (χ1v) is 19.5. The van der Waals surface area contributed by atoms with Gasteiger partial charge in [-0.2, -0.15) is 21.6 Å². The summed E-state index contributed by atoms with van der Waals surface area (Å²) in [6.07, 6.45) is -0.0386. The zero-order valence-corrected chi connectivity index (χ0v) is 18.6. The summed E-state index contributed by atoms with van der Waals surface area (Å²) in [5.41, 5.74) is -5.46. The highest BCUT2D eigenvalue weighted by Crippen LogP contribution is 2.36. The maximum absolute atomic E-state index is 12.9. The lowest BCUT2D eigenvalue weighted by molar-refractivity contribution is -0.126. The summed E-state index contributed by atoms with van der Waals surface area (Å²) in [7, 11) is -12.6. The van der Waals surface area contributed by atoms with Crippen molar-refractivity contribution in [3.63, 3.8) is 0 Å². The number of nitrogens with zero attached hydrogens (tertiary/aromatic N) is 1. The van der Waals surface area contributed by atoms with E-state index in [2.05, 4.69) is 0 Å². The molecule has 0 radical (unpaired) electrons. The van der Waals surface area contributed by atoms with Crippen molar-refractivity contribution < 1.29 is 30.3 Å². The number of rotatable bonds is 6. The second-order valence-electron chi connectivity index (χ2n) is 7.69. The molecule has 138 valence electrons. The molecule has 0 aliphatic heterocycles. The van der Waals surface area contributed by atoms with Crippen LogP contribution in [-0.2, 0) is 18.8 Å². The molecule has 0 fully saturated rings. The molecule has 0 atom stereocenters. The monoisotopic (exact) mass is 409 g/mol. The van der Waals surface area contributed by atoms with E-state index in [9.17, 15) is 26.4 Å². The van der Waals surface area contributed by atoms with Crippen molar-refractivity contribution in [2.45, 2.75) is 51.7 Å². The largest absolute Gasteiger partial charge is 0.522 e. The molecule has 0 unspecified atom stereocenters. The fraction of sp³-hybridized carbons (Fsp3) is 0.909. The minimum atomic E-state index is -5.70. The van der Waals surface area contributed by atoms with Gasteiger partial charge in [-0.1, -0.05) is 39.3 Å². The van der Waals surface area contributed by atoms with Gasteiger partial charge in [0.1, 0.15) is 0 Å². The molecule has 23 heavy (non-hydrogen) atoms. The average Bonchev–Trinajstić information content (AvgIpc) is 2.22. The van der Waals surface area contributed by atoms with Gasteiger partial charge in [0.2, 0.25) is 13.3 Å². The van der Waals surface area contributed by atoms with Crippen LogP contribution in [0.25, 0.3) is 0 Å². The lowest BCUT2D eigenvalue weighted by atomic mass is 10.6. The van der Waals surface area contributed by atoms with Crippen molar-refractivity contribution in [1.29, 1.82) is 0 Å². The number of amides is 1. The fourth-order valence-corrected chi connectivity index (χ4v) is 48.5. The minimum Gasteiger partial charge on any atom is -0.347 e. The smallest absolute Gasteiger partial charge is 0.347 e. The molecule has 0 aliphatic rings. The quantitative estimate of drug-likeness (QED) is 0.500. The van der Waals surface area contributed by atoms with Crippen LogP contribution >= 0.6 is 0 Å². The Labute approximate surface area is 139 Å². The van der Waals surface area contributed by atoms with E-state index in [0.717, 1.165) is 0 Å². The summed E-state index contributed by atoms with van der Waals surface area (Å²) in [5.74, 6) is -0.327. The van der Waals surface area contributed by atoms with Crippen molar-refractivity contribution in [1.82, 2.24) is 4.90 Å². The van der Waals surface area contributed by atoms with Gasteiger partial charge in [0, 0.05) is 20.1 Å². The zero-order chi connectivity index (χ0) is 19.1. The van der Waals surface area contributed by atoms with E-state index in [0.29, 0.717) is 0 Å². The molecule has 0 aromatic carbocycles. The van der Waals surface area contributed by atoms with E-state index in [1.54, 1.807) is 0 Å². The lowest BCUT2D eigenvalue weighted by Crippen LogP contribution is -2.78. The highest BCUT2D eigenvalue weighted by atomic mass is 32.2. The number of carbonyl (C=O) groups excluding carboxylic acids is 1. The molecular weight excluding hydrogens is 383 g/mol. The van der Waals surface area contributed by atoms with Crippen LogP contribution in [0.3, 0.4) is 0 Å². The first kappa shape index (κ1) is 22.8. The predicted octanol–water partition coefficient (Wildman–Crippen LogP) is 2.65. The highest BCUT2D eigenvalue weighted by Gasteiger charge is 2.63. The second kappa shape index (κ2) is 6.61. The van der Waals surface area contributed by atoms with Crippen LogP contribution < -0.4 is 0 Å². The van der Waals surface area contributed by atoms with Gasteiger partial charge in [0.05, 0.1) is 15.2 Å². The van der Waals surface area contributed by atoms with Crippen LogP contribution in [0.2, 0.25) is 39.3 Å². The summed E-state index contributed by atoms with van der Waals surface area (Å²) in [6.45, 7) is 12.2. The molecule has 5 nitrogen and oxygen atoms in total. The Hall–Kier alpha value is -0.179. The summed E-state index contributed by atoms with van der Waals surface area (Å²) >= 11 is 0. The molecule has 0 aromatic heterocycles. The Morgan fingerprint density at radius 1 is 1.04 bits per heavy atom. The normalized spacial score (nSPS) is 14.7. The van der Waals surface area contributed by atoms with Gasteiger partial charge < -0.3 is 8.77 Å². The van der Waals surface area contributed by atoms with Gasteiger partial charge in [0.15, 0.2) is 0 Å².